The molecule has 14 rings (SSSR count). The van der Waals surface area contributed by atoms with Crippen LogP contribution in [0, 0.1) is 18.5 Å². The van der Waals surface area contributed by atoms with E-state index < -0.39 is 60.4 Å². The minimum absolute atomic E-state index is 0. The largest absolute Gasteiger partial charge is 0.510 e. The standard InChI is InChI=1S/C65H45N7O.Pd/c1-65(2,3)45-37-38-66-60(39-45)72-59-41-49(33-35-57(59)71-58-36-34-53-52-27-13-14-30-54(52)70(46-23-11-6-12-24-46)63(53)61(58)67-64(71)72)73-48-26-17-25-47(40-48)68-42-69(56-32-16-15-31-55(56)68)62-50(43-19-7-4-8-20-43)28-18-29-51(62)44-21-9-5-10-22-44;/h4-39H,1-3H3;/q-2;/i4D,5D,7D,8D,9D,10D,19D,20D,21D,22D;. The zero-order valence-corrected chi connectivity index (χ0v) is 41.4. The Morgan fingerprint density at radius 3 is 2.03 bits per heavy atom. The molecule has 0 saturated carbocycles. The van der Waals surface area contributed by atoms with Crippen molar-refractivity contribution in [2.45, 2.75) is 26.2 Å². The number of imidazole rings is 3. The van der Waals surface area contributed by atoms with Crippen molar-refractivity contribution in [3.63, 3.8) is 0 Å². The Bertz CT molecular complexity index is 4940. The maximum Gasteiger partial charge on any atom is 0.268 e. The fourth-order valence-corrected chi connectivity index (χ4v) is 10.1. The Morgan fingerprint density at radius 1 is 0.595 bits per heavy atom. The molecular formula is C65H45N7OPd-2. The summed E-state index contributed by atoms with van der Waals surface area (Å²) in [6.07, 6.45) is 5.25. The molecule has 0 atom stereocenters. The molecule has 0 radical (unpaired) electrons. The maximum atomic E-state index is 9.08. The summed E-state index contributed by atoms with van der Waals surface area (Å²) in [5.74, 6) is 2.00. The molecule has 9 aromatic carbocycles. The van der Waals surface area contributed by atoms with Gasteiger partial charge in [0.25, 0.3) is 6.33 Å². The van der Waals surface area contributed by atoms with Gasteiger partial charge in [0.05, 0.1) is 47.0 Å². The number of hydrogen-bond donors (Lipinski definition) is 0. The summed E-state index contributed by atoms with van der Waals surface area (Å²) in [7, 11) is 0. The van der Waals surface area contributed by atoms with E-state index in [2.05, 4.69) is 103 Å². The van der Waals surface area contributed by atoms with Crippen LogP contribution in [0.5, 0.6) is 11.5 Å². The number of rotatable bonds is 8. The first-order chi connectivity index (χ1) is 40.0. The van der Waals surface area contributed by atoms with Gasteiger partial charge in [0.2, 0.25) is 5.78 Å². The van der Waals surface area contributed by atoms with Crippen LogP contribution in [0.3, 0.4) is 0 Å². The third-order valence-electron chi connectivity index (χ3n) is 13.4. The fraction of sp³-hybridized carbons (Fsp3) is 0.0615. The number of benzene rings is 9. The van der Waals surface area contributed by atoms with Gasteiger partial charge in [0, 0.05) is 54.6 Å². The third kappa shape index (κ3) is 7.27. The van der Waals surface area contributed by atoms with E-state index in [9.17, 15) is 0 Å². The second-order valence-electron chi connectivity index (χ2n) is 18.8. The molecule has 9 heteroatoms. The number of para-hydroxylation sites is 5. The Labute approximate surface area is 455 Å². The number of nitrogens with zero attached hydrogens (tertiary/aromatic N) is 7. The van der Waals surface area contributed by atoms with Gasteiger partial charge in [0.1, 0.15) is 11.3 Å². The fourth-order valence-electron chi connectivity index (χ4n) is 10.1. The summed E-state index contributed by atoms with van der Waals surface area (Å²) in [5.41, 5.74) is 8.89. The minimum atomic E-state index is -0.579. The minimum Gasteiger partial charge on any atom is -0.510 e. The van der Waals surface area contributed by atoms with E-state index in [1.807, 2.05) is 77.5 Å². The Hall–Kier alpha value is -8.87. The molecule has 74 heavy (non-hydrogen) atoms. The second kappa shape index (κ2) is 17.7. The summed E-state index contributed by atoms with van der Waals surface area (Å²) in [4.78, 5) is 10.5. The molecule has 0 amide bonds. The van der Waals surface area contributed by atoms with Crippen LogP contribution in [0.15, 0.2) is 218 Å². The van der Waals surface area contributed by atoms with Crippen LogP contribution in [0.4, 0.5) is 0 Å². The van der Waals surface area contributed by atoms with Crippen molar-refractivity contribution in [1.29, 1.82) is 0 Å². The Balaban J connectivity index is 0.00000658. The van der Waals surface area contributed by atoms with E-state index in [0.717, 1.165) is 49.6 Å². The smallest absolute Gasteiger partial charge is 0.268 e. The predicted octanol–water partition coefficient (Wildman–Crippen LogP) is 15.0. The predicted molar refractivity (Wildman–Crippen MR) is 293 cm³/mol. The van der Waals surface area contributed by atoms with Gasteiger partial charge < -0.3 is 18.3 Å². The zero-order valence-electron chi connectivity index (χ0n) is 49.9. The SMILES string of the molecule is [2H]c1c([2H])c([2H])c(-c2cccc(-c3c([2H])c([2H])c([2H])c([2H])c3[2H])c2-[n+]2[c-]n(-c3[c-]c(Oc4[c-]c5c(cc4)n4c6ccc7c8ccccc8n(-c8ccccc8)c7c6nc4n5-c4cc(C(C)(C)C)ccn4)ccc3)c3ccccc32)c([2H])c1[2H].[Pd]. The third-order valence-corrected chi connectivity index (χ3v) is 13.4. The molecule has 0 saturated heterocycles. The van der Waals surface area contributed by atoms with Crippen molar-refractivity contribution in [1.82, 2.24) is 28.1 Å². The first kappa shape index (κ1) is 35.3. The van der Waals surface area contributed by atoms with E-state index in [1.54, 1.807) is 39.5 Å². The molecule has 0 N–H and O–H groups in total. The van der Waals surface area contributed by atoms with E-state index in [-0.39, 0.29) is 53.8 Å². The Kier molecular flexibility index (Phi) is 8.45. The van der Waals surface area contributed by atoms with Crippen LogP contribution < -0.4 is 9.30 Å². The van der Waals surface area contributed by atoms with Gasteiger partial charge in [-0.3, -0.25) is 9.13 Å². The van der Waals surface area contributed by atoms with Crippen LogP contribution >= 0.6 is 0 Å². The van der Waals surface area contributed by atoms with Gasteiger partial charge in [-0.05, 0) is 92.4 Å². The number of hydrogen-bond acceptors (Lipinski definition) is 3. The molecule has 0 fully saturated rings. The number of fused-ring (bicyclic) bond motifs is 10. The molecule has 0 unspecified atom stereocenters. The molecule has 0 spiro atoms. The normalized spacial score (nSPS) is 13.8. The summed E-state index contributed by atoms with van der Waals surface area (Å²) in [5, 5.41) is 2.20. The molecule has 0 bridgehead atoms. The van der Waals surface area contributed by atoms with Gasteiger partial charge in [-0.1, -0.05) is 160 Å². The number of pyridine rings is 1. The maximum absolute atomic E-state index is 9.08. The zero-order chi connectivity index (χ0) is 57.5. The van der Waals surface area contributed by atoms with Crippen molar-refractivity contribution in [3.05, 3.63) is 242 Å². The van der Waals surface area contributed by atoms with E-state index >= 15 is 0 Å². The van der Waals surface area contributed by atoms with Crippen LogP contribution in [0.2, 0.25) is 0 Å². The molecular weight excluding hydrogens is 1000 g/mol. The summed E-state index contributed by atoms with van der Waals surface area (Å²) >= 11 is 0. The number of aromatic nitrogens is 7. The first-order valence-corrected chi connectivity index (χ1v) is 23.8. The quantitative estimate of drug-likeness (QED) is 0.0865. The molecule has 0 aliphatic rings. The molecule has 0 aliphatic carbocycles. The molecule has 0 aliphatic heterocycles. The van der Waals surface area contributed by atoms with Crippen LogP contribution in [0.1, 0.15) is 40.0 Å². The van der Waals surface area contributed by atoms with Crippen molar-refractivity contribution in [3.8, 4) is 56.6 Å². The molecule has 14 aromatic rings. The van der Waals surface area contributed by atoms with E-state index in [0.29, 0.717) is 45.3 Å². The van der Waals surface area contributed by atoms with Crippen molar-refractivity contribution in [2.75, 3.05) is 0 Å². The molecule has 8 nitrogen and oxygen atoms in total. The summed E-state index contributed by atoms with van der Waals surface area (Å²) < 4.78 is 104. The van der Waals surface area contributed by atoms with Crippen molar-refractivity contribution >= 4 is 60.7 Å². The average Bonchev–Trinajstić information content (AvgIpc) is 1.69. The van der Waals surface area contributed by atoms with Crippen molar-refractivity contribution < 1.29 is 43.4 Å². The van der Waals surface area contributed by atoms with Gasteiger partial charge >= 0.3 is 0 Å². The van der Waals surface area contributed by atoms with Gasteiger partial charge in [-0.25, -0.2) is 9.97 Å². The molecule has 5 aromatic heterocycles. The number of ether oxygens (including phenoxy) is 1. The Morgan fingerprint density at radius 2 is 1.27 bits per heavy atom. The van der Waals surface area contributed by atoms with Crippen LogP contribution in [0.25, 0.3) is 106 Å². The monoisotopic (exact) mass is 1060 g/mol. The topological polar surface area (TPSA) is 58.1 Å². The first-order valence-electron chi connectivity index (χ1n) is 28.8. The van der Waals surface area contributed by atoms with E-state index in [4.69, 9.17) is 28.4 Å². The summed E-state index contributed by atoms with van der Waals surface area (Å²) in [6.45, 7) is 6.50. The van der Waals surface area contributed by atoms with Gasteiger partial charge in [-0.2, -0.15) is 12.1 Å². The van der Waals surface area contributed by atoms with Crippen LogP contribution in [-0.4, -0.2) is 28.1 Å². The van der Waals surface area contributed by atoms with E-state index in [1.165, 1.54) is 0 Å². The van der Waals surface area contributed by atoms with Crippen LogP contribution in [-0.2, 0) is 25.8 Å². The molecule has 358 valence electrons. The van der Waals surface area contributed by atoms with Crippen molar-refractivity contribution in [2.24, 2.45) is 0 Å². The second-order valence-corrected chi connectivity index (χ2v) is 18.8. The van der Waals surface area contributed by atoms with Gasteiger partial charge in [0.15, 0.2) is 0 Å². The average molecular weight is 1060 g/mol. The summed E-state index contributed by atoms with van der Waals surface area (Å²) in [6, 6.07) is 50.1. The van der Waals surface area contributed by atoms with Gasteiger partial charge in [-0.15, -0.1) is 30.3 Å². The molecule has 5 heterocycles.